The van der Waals surface area contributed by atoms with E-state index in [0.717, 1.165) is 12.0 Å². The third kappa shape index (κ3) is 1.74. The summed E-state index contributed by atoms with van der Waals surface area (Å²) in [6.45, 7) is 5.89. The van der Waals surface area contributed by atoms with Crippen molar-refractivity contribution in [2.45, 2.75) is 44.2 Å². The molecule has 1 aliphatic carbocycles. The van der Waals surface area contributed by atoms with E-state index in [2.05, 4.69) is 22.5 Å². The zero-order valence-corrected chi connectivity index (χ0v) is 11.8. The van der Waals surface area contributed by atoms with Gasteiger partial charge in [0, 0.05) is 23.7 Å². The van der Waals surface area contributed by atoms with E-state index < -0.39 is 0 Å². The number of hydrogen-bond donors (Lipinski definition) is 1. The van der Waals surface area contributed by atoms with Crippen LogP contribution in [0.2, 0.25) is 0 Å². The lowest BCUT2D eigenvalue weighted by Crippen LogP contribution is -2.64. The molecule has 1 aromatic rings. The Balaban J connectivity index is 1.72. The van der Waals surface area contributed by atoms with Gasteiger partial charge < -0.3 is 10.2 Å². The molecule has 4 fully saturated rings. The molecule has 98 valence electrons. The molecule has 1 unspecified atom stereocenters. The van der Waals surface area contributed by atoms with Crippen molar-refractivity contribution in [1.82, 2.24) is 15.2 Å². The highest BCUT2D eigenvalue weighted by atomic mass is 32.1. The molecule has 5 rings (SSSR count). The lowest BCUT2D eigenvalue weighted by Gasteiger charge is -2.53. The molecular formula is C14H21N3S. The minimum atomic E-state index is 0.177. The van der Waals surface area contributed by atoms with Crippen LogP contribution in [0.5, 0.6) is 0 Å². The van der Waals surface area contributed by atoms with Gasteiger partial charge in [0.1, 0.15) is 5.01 Å². The van der Waals surface area contributed by atoms with Gasteiger partial charge >= 0.3 is 0 Å². The summed E-state index contributed by atoms with van der Waals surface area (Å²) in [5.74, 6) is 0.800. The molecular weight excluding hydrogens is 242 g/mol. The van der Waals surface area contributed by atoms with Crippen molar-refractivity contribution < 1.29 is 0 Å². The standard InChI is InChI=1S/C14H21N3S/c1-10-8-18-13(15-10)14(16-12-2-3-12)9-17-6-4-11(14)5-7-17/h8,11-12,16H,2-7,9H2,1H3. The van der Waals surface area contributed by atoms with Crippen LogP contribution in [0.15, 0.2) is 5.38 Å². The number of nitrogens with one attached hydrogen (secondary N) is 1. The Bertz CT molecular complexity index is 442. The third-order valence-electron chi connectivity index (χ3n) is 4.80. The molecule has 0 aromatic carbocycles. The van der Waals surface area contributed by atoms with Crippen LogP contribution in [0, 0.1) is 12.8 Å². The second kappa shape index (κ2) is 4.02. The number of thiazole rings is 1. The average Bonchev–Trinajstić information content (AvgIpc) is 3.09. The van der Waals surface area contributed by atoms with Gasteiger partial charge in [-0.2, -0.15) is 0 Å². The van der Waals surface area contributed by atoms with E-state index in [1.165, 1.54) is 56.0 Å². The summed E-state index contributed by atoms with van der Waals surface area (Å²) in [5, 5.41) is 7.53. The minimum Gasteiger partial charge on any atom is -0.301 e. The molecule has 4 heteroatoms. The molecule has 2 bridgehead atoms. The second-order valence-electron chi connectivity index (χ2n) is 6.23. The van der Waals surface area contributed by atoms with Gasteiger partial charge in [0.15, 0.2) is 0 Å². The Kier molecular flexibility index (Phi) is 2.54. The number of rotatable bonds is 3. The molecule has 1 aromatic heterocycles. The Morgan fingerprint density at radius 2 is 2.11 bits per heavy atom. The normalized spacial score (nSPS) is 39.2. The Morgan fingerprint density at radius 3 is 2.61 bits per heavy atom. The maximum Gasteiger partial charge on any atom is 0.115 e. The van der Waals surface area contributed by atoms with Gasteiger partial charge in [0.2, 0.25) is 0 Å². The van der Waals surface area contributed by atoms with Crippen LogP contribution in [-0.4, -0.2) is 35.6 Å². The first-order valence-corrected chi connectivity index (χ1v) is 8.07. The fourth-order valence-corrected chi connectivity index (χ4v) is 4.72. The van der Waals surface area contributed by atoms with Crippen LogP contribution >= 0.6 is 11.3 Å². The molecule has 1 N–H and O–H groups in total. The Hall–Kier alpha value is -0.450. The summed E-state index contributed by atoms with van der Waals surface area (Å²) < 4.78 is 0. The first-order valence-electron chi connectivity index (χ1n) is 7.19. The van der Waals surface area contributed by atoms with Crippen molar-refractivity contribution in [1.29, 1.82) is 0 Å². The van der Waals surface area contributed by atoms with Crippen LogP contribution < -0.4 is 5.32 Å². The van der Waals surface area contributed by atoms with Crippen molar-refractivity contribution in [3.05, 3.63) is 16.1 Å². The highest BCUT2D eigenvalue weighted by Gasteiger charge is 2.51. The zero-order valence-electron chi connectivity index (χ0n) is 11.0. The topological polar surface area (TPSA) is 28.2 Å². The van der Waals surface area contributed by atoms with Crippen molar-refractivity contribution in [2.24, 2.45) is 5.92 Å². The number of aromatic nitrogens is 1. The molecule has 0 amide bonds. The number of hydrogen-bond acceptors (Lipinski definition) is 4. The Morgan fingerprint density at radius 1 is 1.33 bits per heavy atom. The molecule has 0 radical (unpaired) electrons. The second-order valence-corrected chi connectivity index (χ2v) is 7.09. The smallest absolute Gasteiger partial charge is 0.115 e. The summed E-state index contributed by atoms with van der Waals surface area (Å²) in [4.78, 5) is 7.47. The molecule has 18 heavy (non-hydrogen) atoms. The third-order valence-corrected chi connectivity index (χ3v) is 5.93. The van der Waals surface area contributed by atoms with Gasteiger partial charge in [-0.15, -0.1) is 11.3 Å². The first kappa shape index (κ1) is 11.4. The predicted molar refractivity (Wildman–Crippen MR) is 73.9 cm³/mol. The molecule has 1 saturated carbocycles. The summed E-state index contributed by atoms with van der Waals surface area (Å²) in [7, 11) is 0. The predicted octanol–water partition coefficient (Wildman–Crippen LogP) is 2.12. The molecule has 0 spiro atoms. The first-order chi connectivity index (χ1) is 8.76. The van der Waals surface area contributed by atoms with E-state index >= 15 is 0 Å². The molecule has 4 heterocycles. The van der Waals surface area contributed by atoms with Crippen molar-refractivity contribution in [2.75, 3.05) is 19.6 Å². The largest absolute Gasteiger partial charge is 0.301 e. The van der Waals surface area contributed by atoms with Gasteiger partial charge in [-0.25, -0.2) is 4.98 Å². The fraction of sp³-hybridized carbons (Fsp3) is 0.786. The summed E-state index contributed by atoms with van der Waals surface area (Å²) in [6.07, 6.45) is 5.41. The van der Waals surface area contributed by atoms with Crippen LogP contribution in [0.1, 0.15) is 36.4 Å². The highest BCUT2D eigenvalue weighted by Crippen LogP contribution is 2.45. The van der Waals surface area contributed by atoms with E-state index in [9.17, 15) is 0 Å². The number of nitrogens with zero attached hydrogens (tertiary/aromatic N) is 2. The van der Waals surface area contributed by atoms with Crippen LogP contribution in [0.3, 0.4) is 0 Å². The summed E-state index contributed by atoms with van der Waals surface area (Å²) in [6, 6.07) is 0.759. The lowest BCUT2D eigenvalue weighted by atomic mass is 9.73. The Labute approximate surface area is 113 Å². The monoisotopic (exact) mass is 263 g/mol. The zero-order chi connectivity index (χ0) is 12.2. The van der Waals surface area contributed by atoms with Crippen molar-refractivity contribution in [3.8, 4) is 0 Å². The summed E-state index contributed by atoms with van der Waals surface area (Å²) >= 11 is 1.86. The van der Waals surface area contributed by atoms with Gasteiger partial charge in [-0.1, -0.05) is 0 Å². The number of aryl methyl sites for hydroxylation is 1. The van der Waals surface area contributed by atoms with Crippen LogP contribution in [0.4, 0.5) is 0 Å². The van der Waals surface area contributed by atoms with Gasteiger partial charge in [0.25, 0.3) is 0 Å². The number of fused-ring (bicyclic) bond motifs is 3. The summed E-state index contributed by atoms with van der Waals surface area (Å²) in [5.41, 5.74) is 1.36. The van der Waals surface area contributed by atoms with Gasteiger partial charge in [0.05, 0.1) is 5.54 Å². The average molecular weight is 263 g/mol. The highest BCUT2D eigenvalue weighted by molar-refractivity contribution is 7.09. The van der Waals surface area contributed by atoms with Gasteiger partial charge in [-0.05, 0) is 51.6 Å². The van der Waals surface area contributed by atoms with Gasteiger partial charge in [-0.3, -0.25) is 0 Å². The van der Waals surface area contributed by atoms with E-state index in [1.54, 1.807) is 0 Å². The van der Waals surface area contributed by atoms with Crippen LogP contribution in [0.25, 0.3) is 0 Å². The van der Waals surface area contributed by atoms with E-state index in [0.29, 0.717) is 0 Å². The maximum absolute atomic E-state index is 4.84. The quantitative estimate of drug-likeness (QED) is 0.905. The molecule has 3 nitrogen and oxygen atoms in total. The maximum atomic E-state index is 4.84. The molecule has 3 saturated heterocycles. The lowest BCUT2D eigenvalue weighted by molar-refractivity contribution is 0.00172. The van der Waals surface area contributed by atoms with E-state index in [4.69, 9.17) is 4.98 Å². The van der Waals surface area contributed by atoms with E-state index in [-0.39, 0.29) is 5.54 Å². The number of piperidine rings is 3. The molecule has 1 atom stereocenters. The van der Waals surface area contributed by atoms with Crippen molar-refractivity contribution in [3.63, 3.8) is 0 Å². The molecule has 3 aliphatic heterocycles. The minimum absolute atomic E-state index is 0.177. The molecule has 4 aliphatic rings. The van der Waals surface area contributed by atoms with Crippen molar-refractivity contribution >= 4 is 11.3 Å². The van der Waals surface area contributed by atoms with E-state index in [1.807, 2.05) is 11.3 Å². The SMILES string of the molecule is Cc1csc(C2(NC3CC3)CN3CCC2CC3)n1. The van der Waals surface area contributed by atoms with Crippen LogP contribution in [-0.2, 0) is 5.54 Å². The fourth-order valence-electron chi connectivity index (χ4n) is 3.68.